The summed E-state index contributed by atoms with van der Waals surface area (Å²) in [5, 5.41) is 3.06. The molecule has 3 aromatic rings. The van der Waals surface area contributed by atoms with Crippen molar-refractivity contribution in [2.75, 3.05) is 11.1 Å². The summed E-state index contributed by atoms with van der Waals surface area (Å²) in [6.45, 7) is 0. The third-order valence-corrected chi connectivity index (χ3v) is 4.11. The Labute approximate surface area is 118 Å². The zero-order valence-electron chi connectivity index (χ0n) is 10.4. The molecule has 0 saturated heterocycles. The fourth-order valence-corrected chi connectivity index (χ4v) is 3.04. The molecular formula is C15H11FN2OS. The molecule has 0 saturated carbocycles. The number of nitrogens with one attached hydrogen (secondary N) is 1. The second-order valence-corrected chi connectivity index (χ2v) is 5.33. The minimum absolute atomic E-state index is 0.191. The maximum atomic E-state index is 13.7. The molecule has 0 aliphatic rings. The third kappa shape index (κ3) is 2.12. The number of thiophene rings is 1. The number of benzene rings is 2. The first-order valence-corrected chi connectivity index (χ1v) is 6.81. The van der Waals surface area contributed by atoms with Crippen LogP contribution in [0.3, 0.4) is 0 Å². The fourth-order valence-electron chi connectivity index (χ4n) is 2.01. The third-order valence-electron chi connectivity index (χ3n) is 2.94. The number of para-hydroxylation sites is 1. The molecule has 20 heavy (non-hydrogen) atoms. The minimum atomic E-state index is -0.407. The SMILES string of the molecule is Nc1c(C(=O)Nc2ccccc2)sc2cccc(F)c12. The number of anilines is 2. The first-order valence-electron chi connectivity index (χ1n) is 5.99. The molecule has 0 aliphatic carbocycles. The highest BCUT2D eigenvalue weighted by Gasteiger charge is 2.18. The topological polar surface area (TPSA) is 55.1 Å². The molecule has 2 aromatic carbocycles. The first kappa shape index (κ1) is 12.6. The van der Waals surface area contributed by atoms with Gasteiger partial charge in [-0.1, -0.05) is 24.3 Å². The largest absolute Gasteiger partial charge is 0.397 e. The van der Waals surface area contributed by atoms with Gasteiger partial charge in [-0.15, -0.1) is 11.3 Å². The summed E-state index contributed by atoms with van der Waals surface area (Å²) in [5.41, 5.74) is 6.77. The van der Waals surface area contributed by atoms with Crippen molar-refractivity contribution < 1.29 is 9.18 Å². The van der Waals surface area contributed by atoms with E-state index in [1.54, 1.807) is 24.3 Å². The van der Waals surface area contributed by atoms with Crippen molar-refractivity contribution in [2.24, 2.45) is 0 Å². The van der Waals surface area contributed by atoms with E-state index in [0.29, 0.717) is 20.7 Å². The predicted molar refractivity (Wildman–Crippen MR) is 80.6 cm³/mol. The number of carbonyl (C=O) groups is 1. The Hall–Kier alpha value is -2.40. The molecule has 0 fully saturated rings. The average Bonchev–Trinajstić information content (AvgIpc) is 2.79. The molecule has 1 heterocycles. The maximum absolute atomic E-state index is 13.7. The van der Waals surface area contributed by atoms with E-state index in [1.807, 2.05) is 18.2 Å². The van der Waals surface area contributed by atoms with Crippen molar-refractivity contribution in [2.45, 2.75) is 0 Å². The van der Waals surface area contributed by atoms with E-state index in [1.165, 1.54) is 17.4 Å². The second kappa shape index (κ2) is 4.94. The van der Waals surface area contributed by atoms with Crippen molar-refractivity contribution >= 4 is 38.7 Å². The van der Waals surface area contributed by atoms with Gasteiger partial charge < -0.3 is 11.1 Å². The number of hydrogen-bond donors (Lipinski definition) is 2. The average molecular weight is 286 g/mol. The molecule has 1 amide bonds. The number of nitrogens with two attached hydrogens (primary N) is 1. The van der Waals surface area contributed by atoms with E-state index in [2.05, 4.69) is 5.32 Å². The summed E-state index contributed by atoms with van der Waals surface area (Å²) in [6.07, 6.45) is 0. The molecular weight excluding hydrogens is 275 g/mol. The van der Waals surface area contributed by atoms with Crippen LogP contribution in [0.15, 0.2) is 48.5 Å². The van der Waals surface area contributed by atoms with Crippen molar-refractivity contribution in [1.82, 2.24) is 0 Å². The predicted octanol–water partition coefficient (Wildman–Crippen LogP) is 3.87. The van der Waals surface area contributed by atoms with Crippen LogP contribution in [0.1, 0.15) is 9.67 Å². The number of halogens is 1. The van der Waals surface area contributed by atoms with Gasteiger partial charge in [0.2, 0.25) is 0 Å². The lowest BCUT2D eigenvalue weighted by molar-refractivity contribution is 0.103. The van der Waals surface area contributed by atoms with Crippen LogP contribution in [0.5, 0.6) is 0 Å². The van der Waals surface area contributed by atoms with Crippen molar-refractivity contribution in [3.8, 4) is 0 Å². The molecule has 3 N–H and O–H groups in total. The summed E-state index contributed by atoms with van der Waals surface area (Å²) in [6, 6.07) is 13.8. The molecule has 0 aliphatic heterocycles. The van der Waals surface area contributed by atoms with E-state index < -0.39 is 5.82 Å². The van der Waals surface area contributed by atoms with Gasteiger partial charge in [0.1, 0.15) is 10.7 Å². The Bertz CT molecular complexity index is 783. The van der Waals surface area contributed by atoms with E-state index in [9.17, 15) is 9.18 Å². The summed E-state index contributed by atoms with van der Waals surface area (Å²) in [5.74, 6) is -0.732. The van der Waals surface area contributed by atoms with Crippen LogP contribution in [0.4, 0.5) is 15.8 Å². The Kier molecular flexibility index (Phi) is 3.12. The van der Waals surface area contributed by atoms with Crippen LogP contribution in [0.2, 0.25) is 0 Å². The molecule has 3 nitrogen and oxygen atoms in total. The Morgan fingerprint density at radius 1 is 1.10 bits per heavy atom. The van der Waals surface area contributed by atoms with Crippen molar-refractivity contribution in [1.29, 1.82) is 0 Å². The summed E-state index contributed by atoms with van der Waals surface area (Å²) < 4.78 is 14.4. The molecule has 1 aromatic heterocycles. The Morgan fingerprint density at radius 3 is 2.55 bits per heavy atom. The second-order valence-electron chi connectivity index (χ2n) is 4.28. The molecule has 5 heteroatoms. The summed E-state index contributed by atoms with van der Waals surface area (Å²) in [4.78, 5) is 12.5. The molecule has 0 bridgehead atoms. The van der Waals surface area contributed by atoms with Gasteiger partial charge in [-0.2, -0.15) is 0 Å². The van der Waals surface area contributed by atoms with E-state index >= 15 is 0 Å². The van der Waals surface area contributed by atoms with Crippen LogP contribution < -0.4 is 11.1 Å². The number of rotatable bonds is 2. The van der Waals surface area contributed by atoms with Crippen LogP contribution >= 0.6 is 11.3 Å². The molecule has 0 radical (unpaired) electrons. The van der Waals surface area contributed by atoms with Gasteiger partial charge in [-0.05, 0) is 24.3 Å². The summed E-state index contributed by atoms with van der Waals surface area (Å²) in [7, 11) is 0. The molecule has 100 valence electrons. The van der Waals surface area contributed by atoms with Gasteiger partial charge in [0.05, 0.1) is 11.1 Å². The van der Waals surface area contributed by atoms with Crippen molar-refractivity contribution in [3.63, 3.8) is 0 Å². The molecule has 3 rings (SSSR count). The van der Waals surface area contributed by atoms with E-state index in [-0.39, 0.29) is 11.6 Å². The van der Waals surface area contributed by atoms with Crippen LogP contribution in [-0.4, -0.2) is 5.91 Å². The standard InChI is InChI=1S/C15H11FN2OS/c16-10-7-4-8-11-12(10)13(17)14(20-11)15(19)18-9-5-2-1-3-6-9/h1-8H,17H2,(H,18,19). The number of carbonyl (C=O) groups excluding carboxylic acids is 1. The van der Waals surface area contributed by atoms with Crippen LogP contribution in [0.25, 0.3) is 10.1 Å². The number of hydrogen-bond acceptors (Lipinski definition) is 3. The monoisotopic (exact) mass is 286 g/mol. The molecule has 0 atom stereocenters. The number of nitrogen functional groups attached to an aromatic ring is 1. The van der Waals surface area contributed by atoms with Crippen LogP contribution in [0, 0.1) is 5.82 Å². The van der Waals surface area contributed by atoms with Gasteiger partial charge in [0, 0.05) is 10.4 Å². The zero-order chi connectivity index (χ0) is 14.1. The van der Waals surface area contributed by atoms with Gasteiger partial charge in [0.25, 0.3) is 5.91 Å². The Morgan fingerprint density at radius 2 is 1.85 bits per heavy atom. The van der Waals surface area contributed by atoms with Crippen molar-refractivity contribution in [3.05, 3.63) is 59.2 Å². The quantitative estimate of drug-likeness (QED) is 0.751. The lowest BCUT2D eigenvalue weighted by Crippen LogP contribution is -2.11. The van der Waals surface area contributed by atoms with E-state index in [4.69, 9.17) is 5.73 Å². The lowest BCUT2D eigenvalue weighted by Gasteiger charge is -2.03. The van der Waals surface area contributed by atoms with Crippen LogP contribution in [-0.2, 0) is 0 Å². The number of fused-ring (bicyclic) bond motifs is 1. The first-order chi connectivity index (χ1) is 9.66. The lowest BCUT2D eigenvalue weighted by atomic mass is 10.2. The normalized spacial score (nSPS) is 10.7. The minimum Gasteiger partial charge on any atom is -0.397 e. The summed E-state index contributed by atoms with van der Waals surface area (Å²) >= 11 is 1.19. The fraction of sp³-hybridized carbons (Fsp3) is 0. The highest BCUT2D eigenvalue weighted by atomic mass is 32.1. The van der Waals surface area contributed by atoms with Gasteiger partial charge >= 0.3 is 0 Å². The van der Waals surface area contributed by atoms with Gasteiger partial charge in [0.15, 0.2) is 0 Å². The van der Waals surface area contributed by atoms with Gasteiger partial charge in [-0.3, -0.25) is 4.79 Å². The van der Waals surface area contributed by atoms with Gasteiger partial charge in [-0.25, -0.2) is 4.39 Å². The molecule has 0 unspecified atom stereocenters. The zero-order valence-corrected chi connectivity index (χ0v) is 11.2. The van der Waals surface area contributed by atoms with E-state index in [0.717, 1.165) is 0 Å². The smallest absolute Gasteiger partial charge is 0.267 e. The molecule has 0 spiro atoms. The Balaban J connectivity index is 2.00. The maximum Gasteiger partial charge on any atom is 0.267 e. The highest BCUT2D eigenvalue weighted by molar-refractivity contribution is 7.21. The number of amides is 1. The highest BCUT2D eigenvalue weighted by Crippen LogP contribution is 2.35.